The highest BCUT2D eigenvalue weighted by Gasteiger charge is 2.44. The fraction of sp³-hybridized carbons (Fsp3) is 0.414. The molecular formula is C29H35N7OS. The van der Waals surface area contributed by atoms with Gasteiger partial charge >= 0.3 is 0 Å². The molecule has 4 aromatic rings. The largest absolute Gasteiger partial charge is 0.347 e. The van der Waals surface area contributed by atoms with Crippen molar-refractivity contribution in [2.24, 2.45) is 5.41 Å². The zero-order chi connectivity index (χ0) is 26.0. The van der Waals surface area contributed by atoms with Crippen LogP contribution in [-0.2, 0) is 26.2 Å². The van der Waals surface area contributed by atoms with Gasteiger partial charge in [-0.3, -0.25) is 14.6 Å². The lowest BCUT2D eigenvalue weighted by molar-refractivity contribution is -0.0519. The summed E-state index contributed by atoms with van der Waals surface area (Å²) in [6, 6.07) is 10.4. The van der Waals surface area contributed by atoms with E-state index in [0.29, 0.717) is 24.1 Å². The molecule has 1 spiro atoms. The van der Waals surface area contributed by atoms with Crippen LogP contribution < -0.4 is 0 Å². The van der Waals surface area contributed by atoms with Crippen LogP contribution >= 0.6 is 11.3 Å². The Labute approximate surface area is 227 Å². The van der Waals surface area contributed by atoms with Crippen LogP contribution in [0.3, 0.4) is 0 Å². The van der Waals surface area contributed by atoms with Gasteiger partial charge < -0.3 is 14.9 Å². The maximum absolute atomic E-state index is 13.4. The molecule has 5 heterocycles. The molecule has 1 amide bonds. The van der Waals surface area contributed by atoms with Crippen molar-refractivity contribution in [3.8, 4) is 0 Å². The molecule has 1 aromatic carbocycles. The van der Waals surface area contributed by atoms with Crippen LogP contribution in [0.2, 0.25) is 0 Å². The maximum Gasteiger partial charge on any atom is 0.254 e. The Hall–Kier alpha value is -3.27. The molecule has 0 saturated carbocycles. The monoisotopic (exact) mass is 529 g/mol. The number of aromatic amines is 2. The summed E-state index contributed by atoms with van der Waals surface area (Å²) in [4.78, 5) is 36.6. The zero-order valence-electron chi connectivity index (χ0n) is 21.9. The minimum Gasteiger partial charge on any atom is -0.347 e. The number of amides is 1. The molecule has 2 N–H and O–H groups in total. The van der Waals surface area contributed by atoms with Crippen molar-refractivity contribution in [1.29, 1.82) is 0 Å². The van der Waals surface area contributed by atoms with Crippen molar-refractivity contribution in [1.82, 2.24) is 34.6 Å². The summed E-state index contributed by atoms with van der Waals surface area (Å²) < 4.78 is 0. The Morgan fingerprint density at radius 2 is 1.63 bits per heavy atom. The second-order valence-electron chi connectivity index (χ2n) is 10.9. The molecule has 9 heteroatoms. The van der Waals surface area contributed by atoms with Crippen molar-refractivity contribution >= 4 is 17.2 Å². The number of H-pyrrole nitrogens is 2. The third-order valence-electron chi connectivity index (χ3n) is 7.88. The number of rotatable bonds is 9. The van der Waals surface area contributed by atoms with E-state index in [1.54, 1.807) is 29.7 Å². The lowest BCUT2D eigenvalue weighted by Crippen LogP contribution is -2.59. The Kier molecular flexibility index (Phi) is 7.14. The number of carbonyl (C=O) groups is 1. The number of piperidine rings is 1. The highest BCUT2D eigenvalue weighted by Crippen LogP contribution is 2.41. The maximum atomic E-state index is 13.4. The average molecular weight is 530 g/mol. The van der Waals surface area contributed by atoms with Gasteiger partial charge in [0.1, 0.15) is 11.6 Å². The number of likely N-dealkylation sites (tertiary alicyclic amines) is 2. The Balaban J connectivity index is 1.01. The molecule has 0 bridgehead atoms. The summed E-state index contributed by atoms with van der Waals surface area (Å²) >= 11 is 1.89. The molecule has 2 aliphatic rings. The van der Waals surface area contributed by atoms with Gasteiger partial charge in [-0.2, -0.15) is 0 Å². The van der Waals surface area contributed by atoms with E-state index in [-0.39, 0.29) is 5.91 Å². The number of hydrogen-bond acceptors (Lipinski definition) is 6. The van der Waals surface area contributed by atoms with E-state index in [4.69, 9.17) is 0 Å². The second kappa shape index (κ2) is 10.8. The number of thiophene rings is 1. The Morgan fingerprint density at radius 3 is 2.18 bits per heavy atom. The van der Waals surface area contributed by atoms with E-state index < -0.39 is 0 Å². The molecule has 198 valence electrons. The van der Waals surface area contributed by atoms with Crippen molar-refractivity contribution in [2.45, 2.75) is 45.9 Å². The van der Waals surface area contributed by atoms with E-state index in [0.717, 1.165) is 37.8 Å². The van der Waals surface area contributed by atoms with Gasteiger partial charge in [0.15, 0.2) is 0 Å². The highest BCUT2D eigenvalue weighted by molar-refractivity contribution is 7.10. The molecule has 38 heavy (non-hydrogen) atoms. The quantitative estimate of drug-likeness (QED) is 0.335. The van der Waals surface area contributed by atoms with Crippen molar-refractivity contribution in [3.63, 3.8) is 0 Å². The summed E-state index contributed by atoms with van der Waals surface area (Å²) in [5, 5.41) is 2.25. The summed E-state index contributed by atoms with van der Waals surface area (Å²) in [5.74, 6) is 1.47. The third-order valence-corrected chi connectivity index (χ3v) is 8.92. The number of benzene rings is 1. The number of carbonyl (C=O) groups excluding carboxylic acids is 1. The first-order chi connectivity index (χ1) is 18.5. The first kappa shape index (κ1) is 25.0. The first-order valence-corrected chi connectivity index (χ1v) is 14.3. The van der Waals surface area contributed by atoms with E-state index in [9.17, 15) is 4.79 Å². The van der Waals surface area contributed by atoms with E-state index >= 15 is 0 Å². The Bertz CT molecular complexity index is 1280. The molecular weight excluding hydrogens is 494 g/mol. The molecule has 2 fully saturated rings. The van der Waals surface area contributed by atoms with Crippen LogP contribution in [0.5, 0.6) is 0 Å². The van der Waals surface area contributed by atoms with Crippen molar-refractivity contribution < 1.29 is 4.79 Å². The van der Waals surface area contributed by atoms with E-state index in [1.165, 1.54) is 41.9 Å². The van der Waals surface area contributed by atoms with Gasteiger partial charge in [0.05, 0.1) is 13.1 Å². The van der Waals surface area contributed by atoms with Gasteiger partial charge in [-0.15, -0.1) is 11.3 Å². The number of hydrogen-bond donors (Lipinski definition) is 2. The molecule has 3 aromatic heterocycles. The van der Waals surface area contributed by atoms with Crippen LogP contribution in [0.15, 0.2) is 60.5 Å². The normalized spacial score (nSPS) is 17.5. The highest BCUT2D eigenvalue weighted by atomic mass is 32.1. The lowest BCUT2D eigenvalue weighted by atomic mass is 9.72. The molecule has 2 aliphatic heterocycles. The van der Waals surface area contributed by atoms with Gasteiger partial charge in [-0.1, -0.05) is 12.1 Å². The molecule has 6 rings (SSSR count). The smallest absolute Gasteiger partial charge is 0.254 e. The van der Waals surface area contributed by atoms with Gasteiger partial charge in [-0.25, -0.2) is 9.97 Å². The summed E-state index contributed by atoms with van der Waals surface area (Å²) in [7, 11) is 0. The summed E-state index contributed by atoms with van der Waals surface area (Å²) in [5.41, 5.74) is 3.83. The van der Waals surface area contributed by atoms with Crippen LogP contribution in [0.1, 0.15) is 50.9 Å². The van der Waals surface area contributed by atoms with Crippen LogP contribution in [0, 0.1) is 12.3 Å². The number of nitrogens with one attached hydrogen (secondary N) is 2. The first-order valence-electron chi connectivity index (χ1n) is 13.4. The van der Waals surface area contributed by atoms with Gasteiger partial charge in [0.2, 0.25) is 0 Å². The van der Waals surface area contributed by atoms with Gasteiger partial charge in [0.25, 0.3) is 5.91 Å². The van der Waals surface area contributed by atoms with Crippen LogP contribution in [0.25, 0.3) is 0 Å². The molecule has 2 saturated heterocycles. The molecule has 0 radical (unpaired) electrons. The predicted octanol–water partition coefficient (Wildman–Crippen LogP) is 4.44. The number of nitrogens with zero attached hydrogens (tertiary/aromatic N) is 5. The third kappa shape index (κ3) is 5.75. The zero-order valence-corrected chi connectivity index (χ0v) is 22.7. The van der Waals surface area contributed by atoms with Crippen molar-refractivity contribution in [3.05, 3.63) is 93.7 Å². The fourth-order valence-corrected chi connectivity index (χ4v) is 6.75. The molecule has 0 aliphatic carbocycles. The SMILES string of the molecule is Cc1csc(CN2CC3(CCN(Cc4ccc(C(=O)N(Cc5ncc[nH]5)Cc5ncc[nH]5)cc4)CC3)C2)c1. The number of aromatic nitrogens is 4. The second-order valence-corrected chi connectivity index (χ2v) is 11.9. The fourth-order valence-electron chi connectivity index (χ4n) is 5.83. The topological polar surface area (TPSA) is 84.2 Å². The summed E-state index contributed by atoms with van der Waals surface area (Å²) in [6.07, 6.45) is 9.50. The molecule has 8 nitrogen and oxygen atoms in total. The summed E-state index contributed by atoms with van der Waals surface area (Å²) in [6.45, 7) is 9.78. The predicted molar refractivity (Wildman–Crippen MR) is 148 cm³/mol. The average Bonchev–Trinajstić information content (AvgIpc) is 3.69. The standard InChI is InChI=1S/C29H35N7OS/c1-22-14-25(38-19-22)16-35-20-29(21-35)6-12-34(13-7-29)15-23-2-4-24(5-3-23)28(37)36(17-26-30-8-9-31-26)18-27-32-10-11-33-27/h2-5,8-11,14,19H,6-7,12-13,15-18,20-21H2,1H3,(H,30,31)(H,32,33). The van der Waals surface area contributed by atoms with Crippen LogP contribution in [-0.4, -0.2) is 66.7 Å². The van der Waals surface area contributed by atoms with Crippen LogP contribution in [0.4, 0.5) is 0 Å². The van der Waals surface area contributed by atoms with E-state index in [2.05, 4.69) is 60.2 Å². The number of imidazole rings is 2. The minimum atomic E-state index is -0.0310. The number of aryl methyl sites for hydroxylation is 1. The van der Waals surface area contributed by atoms with E-state index in [1.807, 2.05) is 23.5 Å². The van der Waals surface area contributed by atoms with Gasteiger partial charge in [-0.05, 0) is 73.0 Å². The minimum absolute atomic E-state index is 0.0310. The van der Waals surface area contributed by atoms with Gasteiger partial charge in [0, 0.05) is 61.4 Å². The molecule has 0 unspecified atom stereocenters. The lowest BCUT2D eigenvalue weighted by Gasteiger charge is -2.54. The van der Waals surface area contributed by atoms with Crippen molar-refractivity contribution in [2.75, 3.05) is 26.2 Å². The molecule has 0 atom stereocenters. The Morgan fingerprint density at radius 1 is 0.974 bits per heavy atom.